The summed E-state index contributed by atoms with van der Waals surface area (Å²) in [6, 6.07) is 2.33. The summed E-state index contributed by atoms with van der Waals surface area (Å²) >= 11 is 0. The number of carboxylic acids is 1. The zero-order valence-corrected chi connectivity index (χ0v) is 16.8. The number of nitrogens with one attached hydrogen (secondary N) is 1. The van der Waals surface area contributed by atoms with Crippen molar-refractivity contribution >= 4 is 28.0 Å². The van der Waals surface area contributed by atoms with Crippen molar-refractivity contribution < 1.29 is 39.5 Å². The smallest absolute Gasteiger partial charge is 0.481 e. The number of hydrogen-bond donors (Lipinski definition) is 2. The second kappa shape index (κ2) is 7.48. The van der Waals surface area contributed by atoms with Crippen molar-refractivity contribution in [2.24, 2.45) is 5.92 Å². The van der Waals surface area contributed by atoms with E-state index in [2.05, 4.69) is 26.4 Å². The molecule has 25 heavy (non-hydrogen) atoms. The molecule has 0 amide bonds. The number of H-pyrrole nitrogens is 1. The van der Waals surface area contributed by atoms with Crippen molar-refractivity contribution in [1.29, 1.82) is 0 Å². The van der Waals surface area contributed by atoms with Gasteiger partial charge in [0.05, 0.1) is 11.7 Å². The number of carboxylic acid groups (broad SMARTS) is 1. The van der Waals surface area contributed by atoms with Gasteiger partial charge in [-0.2, -0.15) is 0 Å². The number of imidazole rings is 1. The quantitative estimate of drug-likeness (QED) is 0.679. The van der Waals surface area contributed by atoms with E-state index in [1.165, 1.54) is 19.3 Å². The first-order chi connectivity index (χ1) is 11.7. The van der Waals surface area contributed by atoms with Crippen molar-refractivity contribution in [2.75, 3.05) is 0 Å². The third-order valence-corrected chi connectivity index (χ3v) is 5.38. The first kappa shape index (κ1) is 18.4. The maximum atomic E-state index is 11.3. The number of fused-ring (bicyclic) bond motifs is 3. The molecular formula is C18H22N4NaO2+. The first-order valence-corrected chi connectivity index (χ1v) is 8.72. The summed E-state index contributed by atoms with van der Waals surface area (Å²) in [5, 5.41) is 10.3. The van der Waals surface area contributed by atoms with Crippen LogP contribution in [-0.2, 0) is 11.2 Å². The Morgan fingerprint density at radius 1 is 1.36 bits per heavy atom. The normalized spacial score (nSPS) is 20.7. The van der Waals surface area contributed by atoms with Gasteiger partial charge in [0.2, 0.25) is 0 Å². The monoisotopic (exact) mass is 349 g/mol. The fourth-order valence-electron chi connectivity index (χ4n) is 4.10. The second-order valence-corrected chi connectivity index (χ2v) is 6.78. The van der Waals surface area contributed by atoms with Crippen LogP contribution in [-0.4, -0.2) is 30.6 Å². The van der Waals surface area contributed by atoms with Gasteiger partial charge in [0.1, 0.15) is 23.4 Å². The predicted octanol–water partition coefficient (Wildman–Crippen LogP) is 0.685. The van der Waals surface area contributed by atoms with Crippen LogP contribution in [0.1, 0.15) is 50.9 Å². The summed E-state index contributed by atoms with van der Waals surface area (Å²) < 4.78 is 2.19. The Labute approximate surface area is 168 Å². The molecule has 1 aliphatic carbocycles. The summed E-state index contributed by atoms with van der Waals surface area (Å²) in [6.07, 6.45) is 9.38. The molecular weight excluding hydrogens is 327 g/mol. The number of carbonyl (C=O) groups is 1. The number of aromatic nitrogens is 4. The van der Waals surface area contributed by atoms with Crippen LogP contribution in [0.5, 0.6) is 0 Å². The van der Waals surface area contributed by atoms with Crippen molar-refractivity contribution in [3.8, 4) is 0 Å². The summed E-state index contributed by atoms with van der Waals surface area (Å²) in [5.74, 6) is 0.605. The Kier molecular flexibility index (Phi) is 5.51. The van der Waals surface area contributed by atoms with Crippen molar-refractivity contribution in [3.05, 3.63) is 24.3 Å². The number of rotatable bonds is 4. The standard InChI is InChI=1S/C18H22N4O2.Na/c1-2-11-3-5-12(6-4-11)22-15(9-16(23)24)21-14-10-20-18-13(17(14)22)7-8-19-18;/h7-8,10-12H,2-6,9H2,1H3,(H,19,20)(H,23,24);/q;+1. The van der Waals surface area contributed by atoms with Gasteiger partial charge in [-0.1, -0.05) is 13.3 Å². The van der Waals surface area contributed by atoms with Crippen LogP contribution in [0, 0.1) is 5.92 Å². The predicted molar refractivity (Wildman–Crippen MR) is 92.0 cm³/mol. The summed E-state index contributed by atoms with van der Waals surface area (Å²) in [6.45, 7) is 2.25. The van der Waals surface area contributed by atoms with Crippen LogP contribution in [0.3, 0.4) is 0 Å². The fourth-order valence-corrected chi connectivity index (χ4v) is 4.10. The summed E-state index contributed by atoms with van der Waals surface area (Å²) in [7, 11) is 0. The third-order valence-electron chi connectivity index (χ3n) is 5.38. The van der Waals surface area contributed by atoms with Gasteiger partial charge in [0, 0.05) is 17.6 Å². The molecule has 0 bridgehead atoms. The van der Waals surface area contributed by atoms with E-state index in [0.29, 0.717) is 11.9 Å². The molecule has 126 valence electrons. The number of aromatic amines is 1. The van der Waals surface area contributed by atoms with Crippen LogP contribution in [0.4, 0.5) is 0 Å². The van der Waals surface area contributed by atoms with Gasteiger partial charge >= 0.3 is 35.5 Å². The molecule has 1 aliphatic rings. The van der Waals surface area contributed by atoms with Crippen LogP contribution in [0.2, 0.25) is 0 Å². The molecule has 1 fully saturated rings. The van der Waals surface area contributed by atoms with Crippen molar-refractivity contribution in [1.82, 2.24) is 19.5 Å². The average molecular weight is 349 g/mol. The zero-order valence-electron chi connectivity index (χ0n) is 14.8. The van der Waals surface area contributed by atoms with E-state index in [0.717, 1.165) is 40.8 Å². The summed E-state index contributed by atoms with van der Waals surface area (Å²) in [5.41, 5.74) is 2.64. The van der Waals surface area contributed by atoms with Crippen LogP contribution in [0.25, 0.3) is 22.1 Å². The average Bonchev–Trinajstić information content (AvgIpc) is 3.17. The molecule has 0 aromatic carbocycles. The van der Waals surface area contributed by atoms with Gasteiger partial charge in [-0.3, -0.25) is 4.79 Å². The molecule has 0 unspecified atom stereocenters. The van der Waals surface area contributed by atoms with Crippen molar-refractivity contribution in [3.63, 3.8) is 0 Å². The van der Waals surface area contributed by atoms with Crippen LogP contribution < -0.4 is 29.6 Å². The Hall–Kier alpha value is -1.37. The number of nitrogens with zero attached hydrogens (tertiary/aromatic N) is 3. The minimum Gasteiger partial charge on any atom is -0.481 e. The van der Waals surface area contributed by atoms with Gasteiger partial charge in [-0.25, -0.2) is 9.97 Å². The van der Waals surface area contributed by atoms with E-state index >= 15 is 0 Å². The van der Waals surface area contributed by atoms with Gasteiger partial charge in [-0.05, 0) is 37.7 Å². The minimum absolute atomic E-state index is 0. The topological polar surface area (TPSA) is 83.8 Å². The van der Waals surface area contributed by atoms with Gasteiger partial charge in [-0.15, -0.1) is 0 Å². The number of hydrogen-bond acceptors (Lipinski definition) is 3. The molecule has 0 atom stereocenters. The molecule has 3 heterocycles. The first-order valence-electron chi connectivity index (χ1n) is 8.72. The molecule has 3 aromatic rings. The Morgan fingerprint density at radius 2 is 2.12 bits per heavy atom. The SMILES string of the molecule is CCC1CCC(n2c(CC(=O)O)nc3cnc4[nH]ccc4c32)CC1.[Na+]. The maximum absolute atomic E-state index is 11.3. The third kappa shape index (κ3) is 3.35. The number of aliphatic carboxylic acids is 1. The molecule has 3 aromatic heterocycles. The van der Waals surface area contributed by atoms with Gasteiger partial charge in [0.15, 0.2) is 0 Å². The zero-order chi connectivity index (χ0) is 16.7. The van der Waals surface area contributed by atoms with Crippen LogP contribution in [0.15, 0.2) is 18.5 Å². The second-order valence-electron chi connectivity index (χ2n) is 6.78. The molecule has 1 saturated carbocycles. The van der Waals surface area contributed by atoms with Crippen LogP contribution >= 0.6 is 0 Å². The Morgan fingerprint density at radius 3 is 2.80 bits per heavy atom. The van der Waals surface area contributed by atoms with E-state index in [-0.39, 0.29) is 36.0 Å². The summed E-state index contributed by atoms with van der Waals surface area (Å²) in [4.78, 5) is 23.5. The molecule has 6 nitrogen and oxygen atoms in total. The van der Waals surface area contributed by atoms with Crippen molar-refractivity contribution in [2.45, 2.75) is 51.5 Å². The van der Waals surface area contributed by atoms with E-state index in [9.17, 15) is 9.90 Å². The molecule has 0 saturated heterocycles. The number of pyridine rings is 1. The molecule has 0 spiro atoms. The maximum Gasteiger partial charge on any atom is 1.00 e. The molecule has 0 radical (unpaired) electrons. The molecule has 7 heteroatoms. The Balaban J connectivity index is 0.00000182. The minimum atomic E-state index is -0.841. The van der Waals surface area contributed by atoms with Gasteiger partial charge < -0.3 is 14.7 Å². The molecule has 2 N–H and O–H groups in total. The molecule has 4 rings (SSSR count). The van der Waals surface area contributed by atoms with E-state index in [1.807, 2.05) is 12.3 Å². The van der Waals surface area contributed by atoms with E-state index in [4.69, 9.17) is 0 Å². The Bertz CT molecular complexity index is 893. The van der Waals surface area contributed by atoms with E-state index < -0.39 is 5.97 Å². The molecule has 0 aliphatic heterocycles. The fraction of sp³-hybridized carbons (Fsp3) is 0.500. The largest absolute Gasteiger partial charge is 1.00 e. The van der Waals surface area contributed by atoms with Gasteiger partial charge in [0.25, 0.3) is 0 Å². The van der Waals surface area contributed by atoms with E-state index in [1.54, 1.807) is 6.20 Å².